The number of hydrogen-bond donors (Lipinski definition) is 0. The minimum Gasteiger partial charge on any atom is -0.330 e. The topological polar surface area (TPSA) is 37.2 Å². The van der Waals surface area contributed by atoms with Crippen molar-refractivity contribution in [1.82, 2.24) is 24.3 Å². The van der Waals surface area contributed by atoms with Gasteiger partial charge in [-0.3, -0.25) is 9.88 Å². The number of pyridine rings is 1. The molecule has 1 fully saturated rings. The van der Waals surface area contributed by atoms with E-state index in [1.54, 1.807) is 0 Å². The van der Waals surface area contributed by atoms with Gasteiger partial charge in [0.25, 0.3) is 0 Å². The molecule has 5 nitrogen and oxygen atoms in total. The Balaban J connectivity index is 1.56. The maximum atomic E-state index is 4.62. The minimum atomic E-state index is 0.968. The predicted molar refractivity (Wildman–Crippen MR) is 96.9 cm³/mol. The third-order valence-corrected chi connectivity index (χ3v) is 4.86. The lowest BCUT2D eigenvalue weighted by molar-refractivity contribution is 0.150. The first kappa shape index (κ1) is 15.3. The quantitative estimate of drug-likeness (QED) is 0.739. The van der Waals surface area contributed by atoms with Crippen LogP contribution in [0.25, 0.3) is 22.3 Å². The fourth-order valence-electron chi connectivity index (χ4n) is 3.35. The van der Waals surface area contributed by atoms with Crippen molar-refractivity contribution in [2.45, 2.75) is 6.54 Å². The summed E-state index contributed by atoms with van der Waals surface area (Å²) in [6, 6.07) is 10.4. The number of rotatable bonds is 4. The zero-order chi connectivity index (χ0) is 16.4. The summed E-state index contributed by atoms with van der Waals surface area (Å²) in [6.45, 7) is 6.66. The van der Waals surface area contributed by atoms with Gasteiger partial charge in [-0.25, -0.2) is 4.98 Å². The van der Waals surface area contributed by atoms with E-state index in [0.29, 0.717) is 0 Å². The van der Waals surface area contributed by atoms with Crippen LogP contribution >= 0.6 is 0 Å². The van der Waals surface area contributed by atoms with Crippen molar-refractivity contribution in [3.63, 3.8) is 0 Å². The van der Waals surface area contributed by atoms with Gasteiger partial charge in [-0.1, -0.05) is 18.2 Å². The third-order valence-electron chi connectivity index (χ3n) is 4.86. The molecule has 1 aliphatic heterocycles. The fraction of sp³-hybridized carbons (Fsp3) is 0.368. The van der Waals surface area contributed by atoms with Gasteiger partial charge >= 0.3 is 0 Å². The Kier molecular flexibility index (Phi) is 4.28. The lowest BCUT2D eigenvalue weighted by atomic mass is 10.1. The third kappa shape index (κ3) is 3.05. The highest BCUT2D eigenvalue weighted by atomic mass is 15.3. The van der Waals surface area contributed by atoms with Crippen LogP contribution in [0.15, 0.2) is 48.9 Å². The molecule has 0 aliphatic carbocycles. The molecule has 2 aromatic heterocycles. The maximum absolute atomic E-state index is 4.62. The average Bonchev–Trinajstić information content (AvgIpc) is 3.09. The highest BCUT2D eigenvalue weighted by Gasteiger charge is 2.15. The number of benzene rings is 1. The van der Waals surface area contributed by atoms with E-state index in [-0.39, 0.29) is 0 Å². The summed E-state index contributed by atoms with van der Waals surface area (Å²) in [5.74, 6) is 1.03. The highest BCUT2D eigenvalue weighted by molar-refractivity contribution is 5.92. The van der Waals surface area contributed by atoms with Gasteiger partial charge in [0.2, 0.25) is 0 Å². The molecule has 4 rings (SSSR count). The number of piperazine rings is 1. The van der Waals surface area contributed by atoms with Gasteiger partial charge in [-0.05, 0) is 19.2 Å². The van der Waals surface area contributed by atoms with Crippen molar-refractivity contribution in [3.05, 3.63) is 48.9 Å². The highest BCUT2D eigenvalue weighted by Crippen LogP contribution is 2.26. The molecule has 1 aromatic carbocycles. The summed E-state index contributed by atoms with van der Waals surface area (Å²) >= 11 is 0. The van der Waals surface area contributed by atoms with E-state index in [9.17, 15) is 0 Å². The van der Waals surface area contributed by atoms with E-state index in [4.69, 9.17) is 0 Å². The molecule has 3 heterocycles. The summed E-state index contributed by atoms with van der Waals surface area (Å²) in [6.07, 6.45) is 5.82. The molecular weight excluding hydrogens is 298 g/mol. The molecule has 0 atom stereocenters. The lowest BCUT2D eigenvalue weighted by Gasteiger charge is -2.32. The smallest absolute Gasteiger partial charge is 0.140 e. The molecule has 0 amide bonds. The van der Waals surface area contributed by atoms with Gasteiger partial charge in [0.05, 0.1) is 5.52 Å². The van der Waals surface area contributed by atoms with E-state index in [0.717, 1.165) is 61.6 Å². The maximum Gasteiger partial charge on any atom is 0.140 e. The number of fused-ring (bicyclic) bond motifs is 1. The van der Waals surface area contributed by atoms with Crippen molar-refractivity contribution in [2.24, 2.45) is 0 Å². The Labute approximate surface area is 142 Å². The summed E-state index contributed by atoms with van der Waals surface area (Å²) in [4.78, 5) is 14.0. The number of likely N-dealkylation sites (N-methyl/N-ethyl adjacent to an activating group) is 1. The van der Waals surface area contributed by atoms with Crippen LogP contribution < -0.4 is 0 Å². The Morgan fingerprint density at radius 3 is 2.67 bits per heavy atom. The molecule has 124 valence electrons. The predicted octanol–water partition coefficient (Wildman–Crippen LogP) is 2.35. The van der Waals surface area contributed by atoms with Gasteiger partial charge in [-0.2, -0.15) is 0 Å². The van der Waals surface area contributed by atoms with Crippen LogP contribution in [-0.4, -0.2) is 64.1 Å². The Hall–Kier alpha value is -2.24. The van der Waals surface area contributed by atoms with Crippen molar-refractivity contribution in [1.29, 1.82) is 0 Å². The first-order valence-corrected chi connectivity index (χ1v) is 8.57. The SMILES string of the molecule is CN1CCN(CCn2ccnc2-c2cccc3ncccc23)CC1. The molecule has 0 unspecified atom stereocenters. The van der Waals surface area contributed by atoms with Gasteiger partial charge in [0.15, 0.2) is 0 Å². The molecule has 1 saturated heterocycles. The second-order valence-electron chi connectivity index (χ2n) is 6.46. The molecule has 3 aromatic rings. The zero-order valence-corrected chi connectivity index (χ0v) is 14.1. The van der Waals surface area contributed by atoms with E-state index >= 15 is 0 Å². The van der Waals surface area contributed by atoms with E-state index in [1.165, 1.54) is 0 Å². The molecule has 0 spiro atoms. The average molecular weight is 321 g/mol. The molecular formula is C19H23N5. The van der Waals surface area contributed by atoms with Crippen molar-refractivity contribution in [2.75, 3.05) is 39.8 Å². The largest absolute Gasteiger partial charge is 0.330 e. The number of aromatic nitrogens is 3. The molecule has 0 saturated carbocycles. The minimum absolute atomic E-state index is 0.968. The van der Waals surface area contributed by atoms with Crippen LogP contribution in [0.1, 0.15) is 0 Å². The lowest BCUT2D eigenvalue weighted by Crippen LogP contribution is -2.45. The molecule has 0 bridgehead atoms. The van der Waals surface area contributed by atoms with Crippen LogP contribution in [0.2, 0.25) is 0 Å². The monoisotopic (exact) mass is 321 g/mol. The Morgan fingerprint density at radius 2 is 1.79 bits per heavy atom. The second-order valence-corrected chi connectivity index (χ2v) is 6.46. The van der Waals surface area contributed by atoms with E-state index < -0.39 is 0 Å². The first-order chi connectivity index (χ1) is 11.8. The number of nitrogens with zero attached hydrogens (tertiary/aromatic N) is 5. The number of imidazole rings is 1. The van der Waals surface area contributed by atoms with Crippen LogP contribution in [-0.2, 0) is 6.54 Å². The summed E-state index contributed by atoms with van der Waals surface area (Å²) in [7, 11) is 2.19. The first-order valence-electron chi connectivity index (χ1n) is 8.57. The molecule has 5 heteroatoms. The van der Waals surface area contributed by atoms with Crippen molar-refractivity contribution >= 4 is 10.9 Å². The molecule has 1 aliphatic rings. The molecule has 0 radical (unpaired) electrons. The van der Waals surface area contributed by atoms with Crippen LogP contribution in [0.5, 0.6) is 0 Å². The Bertz CT molecular complexity index is 812. The normalized spacial score (nSPS) is 16.7. The summed E-state index contributed by atoms with van der Waals surface area (Å²) in [5, 5.41) is 1.16. The van der Waals surface area contributed by atoms with Gasteiger partial charge in [0, 0.05) is 68.8 Å². The Morgan fingerprint density at radius 1 is 0.917 bits per heavy atom. The van der Waals surface area contributed by atoms with Crippen LogP contribution in [0.3, 0.4) is 0 Å². The van der Waals surface area contributed by atoms with E-state index in [1.807, 2.05) is 18.5 Å². The van der Waals surface area contributed by atoms with Crippen molar-refractivity contribution < 1.29 is 0 Å². The number of hydrogen-bond acceptors (Lipinski definition) is 4. The van der Waals surface area contributed by atoms with Crippen molar-refractivity contribution in [3.8, 4) is 11.4 Å². The van der Waals surface area contributed by atoms with E-state index in [2.05, 4.69) is 61.8 Å². The van der Waals surface area contributed by atoms with Gasteiger partial charge in [0.1, 0.15) is 5.82 Å². The zero-order valence-electron chi connectivity index (χ0n) is 14.1. The van der Waals surface area contributed by atoms with Gasteiger partial charge in [-0.15, -0.1) is 0 Å². The van der Waals surface area contributed by atoms with Crippen LogP contribution in [0, 0.1) is 0 Å². The fourth-order valence-corrected chi connectivity index (χ4v) is 3.35. The second kappa shape index (κ2) is 6.71. The summed E-state index contributed by atoms with van der Waals surface area (Å²) < 4.78 is 2.26. The van der Waals surface area contributed by atoms with Crippen LogP contribution in [0.4, 0.5) is 0 Å². The summed E-state index contributed by atoms with van der Waals surface area (Å²) in [5.41, 5.74) is 2.17. The molecule has 24 heavy (non-hydrogen) atoms. The van der Waals surface area contributed by atoms with Gasteiger partial charge < -0.3 is 9.47 Å². The standard InChI is InChI=1S/C19H23N5/c1-22-10-12-23(13-11-22)14-15-24-9-8-21-19(24)17-4-2-6-18-16(17)5-3-7-20-18/h2-9H,10-15H2,1H3. The molecule has 0 N–H and O–H groups in total.